The van der Waals surface area contributed by atoms with Crippen molar-refractivity contribution in [3.8, 4) is 0 Å². The third-order valence-electron chi connectivity index (χ3n) is 6.96. The Morgan fingerprint density at radius 1 is 0.562 bits per heavy atom. The van der Waals surface area contributed by atoms with Crippen LogP contribution in [0.15, 0.2) is 48.5 Å². The first-order valence-electron chi connectivity index (χ1n) is 12.1. The smallest absolute Gasteiger partial charge is 0.338 e. The highest BCUT2D eigenvalue weighted by molar-refractivity contribution is 6.10. The first-order chi connectivity index (χ1) is 15.7. The summed E-state index contributed by atoms with van der Waals surface area (Å²) >= 11 is 0. The van der Waals surface area contributed by atoms with Crippen molar-refractivity contribution in [1.82, 2.24) is 0 Å². The summed E-state index contributed by atoms with van der Waals surface area (Å²) in [5, 5.41) is 4.11. The van der Waals surface area contributed by atoms with Crippen LogP contribution in [0.5, 0.6) is 0 Å². The molecule has 0 radical (unpaired) electrons. The molecule has 3 aromatic carbocycles. The van der Waals surface area contributed by atoms with Gasteiger partial charge in [0.05, 0.1) is 11.1 Å². The molecule has 5 rings (SSSR count). The highest BCUT2D eigenvalue weighted by Crippen LogP contribution is 2.29. The molecule has 32 heavy (non-hydrogen) atoms. The van der Waals surface area contributed by atoms with Gasteiger partial charge in [0.1, 0.15) is 12.2 Å². The lowest BCUT2D eigenvalue weighted by atomic mass is 9.97. The van der Waals surface area contributed by atoms with Crippen molar-refractivity contribution in [2.75, 3.05) is 0 Å². The van der Waals surface area contributed by atoms with Gasteiger partial charge >= 0.3 is 11.9 Å². The Labute approximate surface area is 188 Å². The number of benzene rings is 3. The normalized spacial score (nSPS) is 18.0. The Morgan fingerprint density at radius 3 is 1.38 bits per heavy atom. The largest absolute Gasteiger partial charge is 0.459 e. The molecule has 0 N–H and O–H groups in total. The van der Waals surface area contributed by atoms with Gasteiger partial charge in [0, 0.05) is 0 Å². The minimum Gasteiger partial charge on any atom is -0.459 e. The fourth-order valence-electron chi connectivity index (χ4n) is 5.13. The third-order valence-corrected chi connectivity index (χ3v) is 6.96. The molecule has 0 unspecified atom stereocenters. The number of rotatable bonds is 4. The molecule has 0 saturated heterocycles. The second-order valence-electron chi connectivity index (χ2n) is 9.27. The Hall–Kier alpha value is -2.88. The topological polar surface area (TPSA) is 52.6 Å². The zero-order valence-electron chi connectivity index (χ0n) is 18.5. The van der Waals surface area contributed by atoms with Gasteiger partial charge in [-0.2, -0.15) is 0 Å². The lowest BCUT2D eigenvalue weighted by Gasteiger charge is -2.22. The van der Waals surface area contributed by atoms with E-state index in [9.17, 15) is 9.59 Å². The van der Waals surface area contributed by atoms with Crippen LogP contribution in [-0.2, 0) is 9.47 Å². The van der Waals surface area contributed by atoms with Gasteiger partial charge in [0.15, 0.2) is 0 Å². The van der Waals surface area contributed by atoms with Crippen molar-refractivity contribution in [3.63, 3.8) is 0 Å². The highest BCUT2D eigenvalue weighted by Gasteiger charge is 2.20. The molecule has 0 aromatic heterocycles. The average Bonchev–Trinajstić information content (AvgIpc) is 2.84. The van der Waals surface area contributed by atoms with Gasteiger partial charge in [-0.05, 0) is 97.2 Å². The number of ether oxygens (including phenoxy) is 2. The zero-order chi connectivity index (χ0) is 21.9. The maximum absolute atomic E-state index is 12.6. The van der Waals surface area contributed by atoms with Crippen LogP contribution in [-0.4, -0.2) is 24.1 Å². The summed E-state index contributed by atoms with van der Waals surface area (Å²) in [6, 6.07) is 15.5. The first kappa shape index (κ1) is 21.0. The van der Waals surface area contributed by atoms with Crippen molar-refractivity contribution < 1.29 is 19.1 Å². The minimum atomic E-state index is -0.236. The van der Waals surface area contributed by atoms with Gasteiger partial charge in [0.2, 0.25) is 0 Å². The Morgan fingerprint density at radius 2 is 0.969 bits per heavy atom. The molecule has 0 aliphatic heterocycles. The fourth-order valence-corrected chi connectivity index (χ4v) is 5.13. The number of fused-ring (bicyclic) bond motifs is 3. The molecule has 4 heteroatoms. The molecule has 0 bridgehead atoms. The van der Waals surface area contributed by atoms with E-state index >= 15 is 0 Å². The van der Waals surface area contributed by atoms with Crippen LogP contribution < -0.4 is 0 Å². The predicted octanol–water partition coefficient (Wildman–Crippen LogP) is 6.97. The molecule has 0 amide bonds. The molecule has 4 nitrogen and oxygen atoms in total. The molecule has 2 saturated carbocycles. The van der Waals surface area contributed by atoms with Crippen molar-refractivity contribution in [3.05, 3.63) is 59.7 Å². The summed E-state index contributed by atoms with van der Waals surface area (Å²) in [7, 11) is 0. The molecule has 2 aliphatic carbocycles. The van der Waals surface area contributed by atoms with Crippen LogP contribution in [0.2, 0.25) is 0 Å². The van der Waals surface area contributed by atoms with Crippen LogP contribution >= 0.6 is 0 Å². The van der Waals surface area contributed by atoms with Gasteiger partial charge < -0.3 is 9.47 Å². The summed E-state index contributed by atoms with van der Waals surface area (Å²) in [5.74, 6) is -0.473. The summed E-state index contributed by atoms with van der Waals surface area (Å²) in [6.07, 6.45) is 11.0. The summed E-state index contributed by atoms with van der Waals surface area (Å²) in [6.45, 7) is 0. The van der Waals surface area contributed by atoms with E-state index < -0.39 is 0 Å². The fraction of sp³-hybridized carbons (Fsp3) is 0.429. The van der Waals surface area contributed by atoms with E-state index in [1.807, 2.05) is 48.5 Å². The number of hydrogen-bond acceptors (Lipinski definition) is 4. The summed E-state index contributed by atoms with van der Waals surface area (Å²) in [5.41, 5.74) is 1.19. The molecular weight excluding hydrogens is 400 g/mol. The van der Waals surface area contributed by atoms with Gasteiger partial charge in [-0.25, -0.2) is 9.59 Å². The van der Waals surface area contributed by atoms with Gasteiger partial charge in [0.25, 0.3) is 0 Å². The maximum Gasteiger partial charge on any atom is 0.338 e. The van der Waals surface area contributed by atoms with E-state index in [2.05, 4.69) is 0 Å². The van der Waals surface area contributed by atoms with Crippen molar-refractivity contribution in [2.45, 2.75) is 76.4 Å². The van der Waals surface area contributed by atoms with E-state index in [4.69, 9.17) is 9.47 Å². The molecule has 0 atom stereocenters. The molecule has 2 fully saturated rings. The van der Waals surface area contributed by atoms with E-state index in [1.54, 1.807) is 0 Å². The monoisotopic (exact) mass is 430 g/mol. The van der Waals surface area contributed by atoms with E-state index in [0.29, 0.717) is 11.1 Å². The van der Waals surface area contributed by atoms with Crippen LogP contribution in [0, 0.1) is 0 Å². The lowest BCUT2D eigenvalue weighted by Crippen LogP contribution is -2.20. The van der Waals surface area contributed by atoms with Gasteiger partial charge in [-0.1, -0.05) is 37.1 Å². The Bertz CT molecular complexity index is 1050. The summed E-state index contributed by atoms with van der Waals surface area (Å²) in [4.78, 5) is 25.3. The van der Waals surface area contributed by atoms with Crippen LogP contribution in [0.25, 0.3) is 21.5 Å². The highest BCUT2D eigenvalue weighted by atomic mass is 16.5. The quantitative estimate of drug-likeness (QED) is 0.331. The average molecular weight is 431 g/mol. The second kappa shape index (κ2) is 9.32. The van der Waals surface area contributed by atoms with Crippen molar-refractivity contribution >= 4 is 33.5 Å². The third kappa shape index (κ3) is 4.50. The Balaban J connectivity index is 1.36. The number of esters is 2. The second-order valence-corrected chi connectivity index (χ2v) is 9.27. The SMILES string of the molecule is O=C(OC1CCCCC1)c1ccc2c(ccc3cc(C(=O)OC4CCCCC4)ccc32)c1. The van der Waals surface area contributed by atoms with Crippen LogP contribution in [0.4, 0.5) is 0 Å². The van der Waals surface area contributed by atoms with Crippen LogP contribution in [0.3, 0.4) is 0 Å². The maximum atomic E-state index is 12.6. The lowest BCUT2D eigenvalue weighted by molar-refractivity contribution is 0.0202. The molecule has 166 valence electrons. The van der Waals surface area contributed by atoms with Crippen molar-refractivity contribution in [1.29, 1.82) is 0 Å². The van der Waals surface area contributed by atoms with Crippen molar-refractivity contribution in [2.24, 2.45) is 0 Å². The Kier molecular flexibility index (Phi) is 6.11. The van der Waals surface area contributed by atoms with Crippen LogP contribution in [0.1, 0.15) is 84.9 Å². The van der Waals surface area contributed by atoms with Gasteiger partial charge in [-0.3, -0.25) is 0 Å². The van der Waals surface area contributed by atoms with E-state index in [-0.39, 0.29) is 24.1 Å². The van der Waals surface area contributed by atoms with E-state index in [0.717, 1.165) is 72.9 Å². The zero-order valence-corrected chi connectivity index (χ0v) is 18.5. The number of hydrogen-bond donors (Lipinski definition) is 0. The molecule has 0 heterocycles. The first-order valence-corrected chi connectivity index (χ1v) is 12.1. The minimum absolute atomic E-state index is 0.0512. The number of carbonyl (C=O) groups is 2. The van der Waals surface area contributed by atoms with Gasteiger partial charge in [-0.15, -0.1) is 0 Å². The summed E-state index contributed by atoms with van der Waals surface area (Å²) < 4.78 is 11.5. The molecule has 3 aromatic rings. The standard InChI is InChI=1S/C28H30O4/c29-27(31-23-7-3-1-4-8-23)21-13-15-25-19(17-21)11-12-20-18-22(14-16-26(20)25)28(30)32-24-9-5-2-6-10-24/h11-18,23-24H,1-10H2. The number of carbonyl (C=O) groups excluding carboxylic acids is 2. The molecule has 0 spiro atoms. The molecule has 2 aliphatic rings. The predicted molar refractivity (Wildman–Crippen MR) is 126 cm³/mol. The van der Waals surface area contributed by atoms with E-state index in [1.165, 1.54) is 12.8 Å². The molecular formula is C28H30O4.